The van der Waals surface area contributed by atoms with Crippen molar-refractivity contribution in [2.45, 2.75) is 33.2 Å². The van der Waals surface area contributed by atoms with Crippen LogP contribution in [0.25, 0.3) is 16.9 Å². The molecule has 1 aliphatic rings. The van der Waals surface area contributed by atoms with E-state index in [0.29, 0.717) is 18.6 Å². The monoisotopic (exact) mass is 513 g/mol. The first-order valence-electron chi connectivity index (χ1n) is 13.1. The van der Waals surface area contributed by atoms with E-state index in [9.17, 15) is 4.79 Å². The number of aryl methyl sites for hydroxylation is 2. The molecule has 0 saturated carbocycles. The smallest absolute Gasteiger partial charge is 0.222 e. The largest absolute Gasteiger partial charge is 0.497 e. The molecule has 1 fully saturated rings. The van der Waals surface area contributed by atoms with Gasteiger partial charge in [0.15, 0.2) is 5.65 Å². The zero-order chi connectivity index (χ0) is 26.6. The molecule has 8 heteroatoms. The summed E-state index contributed by atoms with van der Waals surface area (Å²) in [6, 6.07) is 18.2. The van der Waals surface area contributed by atoms with Gasteiger partial charge in [0.1, 0.15) is 11.5 Å². The van der Waals surface area contributed by atoms with E-state index in [1.807, 2.05) is 53.6 Å². The first-order chi connectivity index (χ1) is 18.5. The lowest BCUT2D eigenvalue weighted by Crippen LogP contribution is -2.48. The maximum absolute atomic E-state index is 13.1. The molecule has 3 heterocycles. The van der Waals surface area contributed by atoms with Crippen LogP contribution in [0.2, 0.25) is 0 Å². The van der Waals surface area contributed by atoms with E-state index in [1.165, 1.54) is 5.56 Å². The van der Waals surface area contributed by atoms with Crippen molar-refractivity contribution in [2.75, 3.05) is 40.4 Å². The lowest BCUT2D eigenvalue weighted by Gasteiger charge is -2.35. The number of rotatable bonds is 8. The van der Waals surface area contributed by atoms with Crippen LogP contribution in [0.1, 0.15) is 28.9 Å². The van der Waals surface area contributed by atoms with Crippen LogP contribution in [0.4, 0.5) is 0 Å². The van der Waals surface area contributed by atoms with Crippen LogP contribution < -0.4 is 9.47 Å². The Bertz CT molecular complexity index is 1430. The molecule has 5 rings (SSSR count). The van der Waals surface area contributed by atoms with E-state index in [-0.39, 0.29) is 5.91 Å². The highest BCUT2D eigenvalue weighted by molar-refractivity contribution is 5.77. The zero-order valence-electron chi connectivity index (χ0n) is 22.6. The maximum atomic E-state index is 13.1. The van der Waals surface area contributed by atoms with Gasteiger partial charge in [0, 0.05) is 68.2 Å². The number of fused-ring (bicyclic) bond motifs is 1. The molecule has 0 radical (unpaired) electrons. The first-order valence-corrected chi connectivity index (χ1v) is 13.1. The number of benzene rings is 2. The fourth-order valence-corrected chi connectivity index (χ4v) is 5.22. The molecular formula is C30H35N5O3. The van der Waals surface area contributed by atoms with Gasteiger partial charge in [0.05, 0.1) is 19.9 Å². The highest BCUT2D eigenvalue weighted by Gasteiger charge is 2.22. The Hall–Kier alpha value is -3.91. The Labute approximate surface area is 223 Å². The van der Waals surface area contributed by atoms with Crippen molar-refractivity contribution in [1.82, 2.24) is 24.4 Å². The Balaban J connectivity index is 1.26. The van der Waals surface area contributed by atoms with Gasteiger partial charge in [0.2, 0.25) is 5.91 Å². The number of hydrogen-bond acceptors (Lipinski definition) is 6. The predicted molar refractivity (Wildman–Crippen MR) is 148 cm³/mol. The summed E-state index contributed by atoms with van der Waals surface area (Å²) >= 11 is 0. The summed E-state index contributed by atoms with van der Waals surface area (Å²) in [5, 5.41) is 4.84. The van der Waals surface area contributed by atoms with Crippen molar-refractivity contribution in [3.63, 3.8) is 0 Å². The molecule has 2 aromatic carbocycles. The first kappa shape index (κ1) is 25.7. The van der Waals surface area contributed by atoms with Crippen molar-refractivity contribution >= 4 is 11.6 Å². The van der Waals surface area contributed by atoms with Gasteiger partial charge in [-0.3, -0.25) is 9.69 Å². The summed E-state index contributed by atoms with van der Waals surface area (Å²) in [6.07, 6.45) is 1.11. The number of carbonyl (C=O) groups excluding carboxylic acids is 1. The summed E-state index contributed by atoms with van der Waals surface area (Å²) in [4.78, 5) is 22.3. The van der Waals surface area contributed by atoms with Crippen molar-refractivity contribution in [3.05, 3.63) is 77.1 Å². The summed E-state index contributed by atoms with van der Waals surface area (Å²) in [5.74, 6) is 1.62. The van der Waals surface area contributed by atoms with E-state index in [2.05, 4.69) is 29.2 Å². The Morgan fingerprint density at radius 1 is 0.947 bits per heavy atom. The van der Waals surface area contributed by atoms with Crippen molar-refractivity contribution in [2.24, 2.45) is 0 Å². The average molecular weight is 514 g/mol. The van der Waals surface area contributed by atoms with Crippen LogP contribution in [0.5, 0.6) is 11.5 Å². The van der Waals surface area contributed by atoms with Gasteiger partial charge in [0.25, 0.3) is 0 Å². The lowest BCUT2D eigenvalue weighted by atomic mass is 10.1. The molecule has 2 aromatic heterocycles. The van der Waals surface area contributed by atoms with Crippen LogP contribution in [-0.4, -0.2) is 70.7 Å². The maximum Gasteiger partial charge on any atom is 0.222 e. The number of aromatic nitrogens is 3. The molecule has 8 nitrogen and oxygen atoms in total. The molecule has 198 valence electrons. The highest BCUT2D eigenvalue weighted by atomic mass is 16.5. The summed E-state index contributed by atoms with van der Waals surface area (Å²) < 4.78 is 12.8. The molecule has 0 aliphatic carbocycles. The normalized spacial score (nSPS) is 14.2. The number of ether oxygens (including phenoxy) is 2. The highest BCUT2D eigenvalue weighted by Crippen LogP contribution is 2.33. The van der Waals surface area contributed by atoms with E-state index in [1.54, 1.807) is 14.2 Å². The molecule has 0 bridgehead atoms. The molecular weight excluding hydrogens is 478 g/mol. The number of piperazine rings is 1. The minimum Gasteiger partial charge on any atom is -0.497 e. The number of hydrogen-bond donors (Lipinski definition) is 0. The third-order valence-electron chi connectivity index (χ3n) is 7.41. The molecule has 0 unspecified atom stereocenters. The van der Waals surface area contributed by atoms with Crippen molar-refractivity contribution < 1.29 is 14.3 Å². The molecule has 4 aromatic rings. The fraction of sp³-hybridized carbons (Fsp3) is 0.367. The summed E-state index contributed by atoms with van der Waals surface area (Å²) in [7, 11) is 3.27. The van der Waals surface area contributed by atoms with E-state index >= 15 is 0 Å². The number of nitrogens with zero attached hydrogens (tertiary/aromatic N) is 5. The molecule has 0 spiro atoms. The van der Waals surface area contributed by atoms with Gasteiger partial charge in [-0.05, 0) is 43.5 Å². The minimum absolute atomic E-state index is 0.201. The predicted octanol–water partition coefficient (Wildman–Crippen LogP) is 4.31. The standard InChI is InChI=1S/C30H35N5O3/c1-21-25(12-13-30(36)34-16-14-33(15-17-34)20-23-8-6-5-7-9-23)22(2)35-29(31-21)19-27(32-35)26-11-10-24(37-3)18-28(26)38-4/h5-11,18-19H,12-17,20H2,1-4H3. The molecule has 1 amide bonds. The SMILES string of the molecule is COc1ccc(-c2cc3nc(C)c(CCC(=O)N4CCN(Cc5ccccc5)CC4)c(C)n3n2)c(OC)c1. The quantitative estimate of drug-likeness (QED) is 0.350. The van der Waals surface area contributed by atoms with Gasteiger partial charge >= 0.3 is 0 Å². The molecule has 0 atom stereocenters. The van der Waals surface area contributed by atoms with Crippen molar-refractivity contribution in [1.29, 1.82) is 0 Å². The van der Waals surface area contributed by atoms with Crippen LogP contribution in [0.15, 0.2) is 54.6 Å². The molecule has 0 N–H and O–H groups in total. The zero-order valence-corrected chi connectivity index (χ0v) is 22.6. The molecule has 38 heavy (non-hydrogen) atoms. The van der Waals surface area contributed by atoms with Gasteiger partial charge in [-0.2, -0.15) is 5.10 Å². The number of carbonyl (C=O) groups is 1. The summed E-state index contributed by atoms with van der Waals surface area (Å²) in [5.41, 5.74) is 6.76. The molecule has 1 saturated heterocycles. The second-order valence-corrected chi connectivity index (χ2v) is 9.77. The van der Waals surface area contributed by atoms with Gasteiger partial charge in [-0.25, -0.2) is 9.50 Å². The van der Waals surface area contributed by atoms with E-state index in [0.717, 1.165) is 72.3 Å². The van der Waals surface area contributed by atoms with Crippen LogP contribution in [-0.2, 0) is 17.8 Å². The third-order valence-corrected chi connectivity index (χ3v) is 7.41. The Kier molecular flexibility index (Phi) is 7.60. The fourth-order valence-electron chi connectivity index (χ4n) is 5.22. The second kappa shape index (κ2) is 11.2. The van der Waals surface area contributed by atoms with E-state index in [4.69, 9.17) is 19.6 Å². The molecule has 1 aliphatic heterocycles. The topological polar surface area (TPSA) is 72.2 Å². The third kappa shape index (κ3) is 5.36. The van der Waals surface area contributed by atoms with Gasteiger partial charge < -0.3 is 14.4 Å². The lowest BCUT2D eigenvalue weighted by molar-refractivity contribution is -0.133. The van der Waals surface area contributed by atoms with Crippen LogP contribution >= 0.6 is 0 Å². The number of methoxy groups -OCH3 is 2. The Morgan fingerprint density at radius 3 is 2.42 bits per heavy atom. The van der Waals surface area contributed by atoms with E-state index < -0.39 is 0 Å². The Morgan fingerprint density at radius 2 is 1.71 bits per heavy atom. The average Bonchev–Trinajstić information content (AvgIpc) is 3.37. The van der Waals surface area contributed by atoms with Gasteiger partial charge in [-0.15, -0.1) is 0 Å². The number of amides is 1. The summed E-state index contributed by atoms with van der Waals surface area (Å²) in [6.45, 7) is 8.33. The van der Waals surface area contributed by atoms with Crippen LogP contribution in [0.3, 0.4) is 0 Å². The van der Waals surface area contributed by atoms with Gasteiger partial charge in [-0.1, -0.05) is 30.3 Å². The van der Waals surface area contributed by atoms with Crippen LogP contribution in [0, 0.1) is 13.8 Å². The minimum atomic E-state index is 0.201. The second-order valence-electron chi connectivity index (χ2n) is 9.77. The van der Waals surface area contributed by atoms with Crippen molar-refractivity contribution in [3.8, 4) is 22.8 Å².